The van der Waals surface area contributed by atoms with Crippen LogP contribution in [-0.4, -0.2) is 42.0 Å². The van der Waals surface area contributed by atoms with E-state index in [-0.39, 0.29) is 5.91 Å². The van der Waals surface area contributed by atoms with Crippen molar-refractivity contribution >= 4 is 33.3 Å². The van der Waals surface area contributed by atoms with Crippen LogP contribution in [0.3, 0.4) is 0 Å². The maximum Gasteiger partial charge on any atom is 0.255 e. The predicted octanol–water partition coefficient (Wildman–Crippen LogP) is 2.39. The highest BCUT2D eigenvalue weighted by atomic mass is 79.9. The van der Waals surface area contributed by atoms with Gasteiger partial charge in [0.2, 0.25) is 0 Å². The van der Waals surface area contributed by atoms with E-state index in [1.807, 2.05) is 41.3 Å². The molecule has 0 unspecified atom stereocenters. The third kappa shape index (κ3) is 3.06. The largest absolute Gasteiger partial charge is 0.397 e. The number of nitrogens with zero attached hydrogens (tertiary/aromatic N) is 3. The number of halogens is 1. The van der Waals surface area contributed by atoms with Crippen LogP contribution in [-0.2, 0) is 0 Å². The molecule has 3 rings (SSSR count). The number of hydrogen-bond donors (Lipinski definition) is 1. The molecule has 0 spiro atoms. The molecule has 2 heterocycles. The number of nitrogens with two attached hydrogens (primary N) is 1. The second kappa shape index (κ2) is 6.36. The first-order valence-electron chi connectivity index (χ1n) is 7.15. The zero-order valence-corrected chi connectivity index (χ0v) is 13.7. The molecule has 22 heavy (non-hydrogen) atoms. The Bertz CT molecular complexity index is 666. The Balaban J connectivity index is 1.65. The number of pyridine rings is 1. The summed E-state index contributed by atoms with van der Waals surface area (Å²) in [6.45, 7) is 2.92. The number of rotatable bonds is 2. The van der Waals surface area contributed by atoms with Crippen molar-refractivity contribution in [2.75, 3.05) is 36.8 Å². The quantitative estimate of drug-likeness (QED) is 0.892. The molecule has 1 fully saturated rings. The first kappa shape index (κ1) is 14.8. The van der Waals surface area contributed by atoms with Crippen LogP contribution in [0.2, 0.25) is 0 Å². The number of carbonyl (C=O) groups excluding carboxylic acids is 1. The maximum absolute atomic E-state index is 12.6. The molecule has 0 radical (unpaired) electrons. The third-order valence-corrected chi connectivity index (χ3v) is 4.46. The maximum atomic E-state index is 12.6. The first-order valence-corrected chi connectivity index (χ1v) is 7.95. The Morgan fingerprint density at radius 3 is 2.45 bits per heavy atom. The van der Waals surface area contributed by atoms with Crippen LogP contribution in [0.5, 0.6) is 0 Å². The van der Waals surface area contributed by atoms with Crippen LogP contribution in [0.15, 0.2) is 47.1 Å². The summed E-state index contributed by atoms with van der Waals surface area (Å²) >= 11 is 3.44. The molecule has 1 aliphatic heterocycles. The lowest BCUT2D eigenvalue weighted by molar-refractivity contribution is 0.0745. The van der Waals surface area contributed by atoms with Crippen LogP contribution in [0.4, 0.5) is 11.5 Å². The van der Waals surface area contributed by atoms with Crippen molar-refractivity contribution in [2.45, 2.75) is 0 Å². The molecule has 1 amide bonds. The van der Waals surface area contributed by atoms with Crippen molar-refractivity contribution in [3.05, 3.63) is 52.6 Å². The van der Waals surface area contributed by atoms with Crippen molar-refractivity contribution < 1.29 is 4.79 Å². The average Bonchev–Trinajstić information content (AvgIpc) is 2.56. The number of benzene rings is 1. The fourth-order valence-electron chi connectivity index (χ4n) is 2.53. The summed E-state index contributed by atoms with van der Waals surface area (Å²) in [5.74, 6) is 0.972. The Morgan fingerprint density at radius 2 is 1.82 bits per heavy atom. The van der Waals surface area contributed by atoms with E-state index >= 15 is 0 Å². The molecule has 5 nitrogen and oxygen atoms in total. The molecule has 0 saturated carbocycles. The number of piperazine rings is 1. The Labute approximate surface area is 137 Å². The fraction of sp³-hybridized carbons (Fsp3) is 0.250. The van der Waals surface area contributed by atoms with E-state index in [9.17, 15) is 4.79 Å². The van der Waals surface area contributed by atoms with Crippen molar-refractivity contribution in [2.24, 2.45) is 0 Å². The first-order chi connectivity index (χ1) is 10.6. The minimum Gasteiger partial charge on any atom is -0.397 e. The molecule has 1 aliphatic rings. The van der Waals surface area contributed by atoms with E-state index in [2.05, 4.69) is 25.8 Å². The minimum absolute atomic E-state index is 0.0670. The summed E-state index contributed by atoms with van der Waals surface area (Å²) < 4.78 is 0.836. The normalized spacial score (nSPS) is 15.0. The SMILES string of the molecule is Nc1ccc(N2CCN(C(=O)c3ccccc3Br)CC2)nc1. The number of hydrogen-bond acceptors (Lipinski definition) is 4. The van der Waals surface area contributed by atoms with Gasteiger partial charge >= 0.3 is 0 Å². The summed E-state index contributed by atoms with van der Waals surface area (Å²) in [6, 6.07) is 11.3. The van der Waals surface area contributed by atoms with Crippen LogP contribution >= 0.6 is 15.9 Å². The zero-order valence-electron chi connectivity index (χ0n) is 12.1. The van der Waals surface area contributed by atoms with Gasteiger partial charge in [0.1, 0.15) is 5.82 Å². The summed E-state index contributed by atoms with van der Waals surface area (Å²) in [5, 5.41) is 0. The van der Waals surface area contributed by atoms with Gasteiger partial charge in [0.05, 0.1) is 17.4 Å². The standard InChI is InChI=1S/C16H17BrN4O/c17-14-4-2-1-3-13(14)16(22)21-9-7-20(8-10-21)15-6-5-12(18)11-19-15/h1-6,11H,7-10,18H2. The molecule has 1 aromatic carbocycles. The number of carbonyl (C=O) groups is 1. The zero-order chi connectivity index (χ0) is 15.5. The molecule has 0 aliphatic carbocycles. The molecule has 6 heteroatoms. The van der Waals surface area contributed by atoms with E-state index in [0.717, 1.165) is 23.4 Å². The molecule has 1 saturated heterocycles. The summed E-state index contributed by atoms with van der Waals surface area (Å²) in [7, 11) is 0. The van der Waals surface area contributed by atoms with E-state index in [1.54, 1.807) is 6.20 Å². The van der Waals surface area contributed by atoms with Crippen molar-refractivity contribution in [3.8, 4) is 0 Å². The Morgan fingerprint density at radius 1 is 1.09 bits per heavy atom. The molecule has 0 atom stereocenters. The smallest absolute Gasteiger partial charge is 0.255 e. The number of aromatic nitrogens is 1. The van der Waals surface area contributed by atoms with Crippen LogP contribution in [0.1, 0.15) is 10.4 Å². The number of nitrogen functional groups attached to an aromatic ring is 1. The topological polar surface area (TPSA) is 62.5 Å². The fourth-order valence-corrected chi connectivity index (χ4v) is 2.98. The summed E-state index contributed by atoms with van der Waals surface area (Å²) in [6.07, 6.45) is 1.66. The third-order valence-electron chi connectivity index (χ3n) is 3.77. The summed E-state index contributed by atoms with van der Waals surface area (Å²) in [5.41, 5.74) is 7.03. The van der Waals surface area contributed by atoms with Crippen molar-refractivity contribution in [3.63, 3.8) is 0 Å². The number of anilines is 2. The number of amides is 1. The second-order valence-corrected chi connectivity index (χ2v) is 6.06. The van der Waals surface area contributed by atoms with Gasteiger partial charge in [-0.2, -0.15) is 0 Å². The van der Waals surface area contributed by atoms with E-state index < -0.39 is 0 Å². The van der Waals surface area contributed by atoms with Gasteiger partial charge in [-0.25, -0.2) is 4.98 Å². The van der Waals surface area contributed by atoms with Gasteiger partial charge in [0.15, 0.2) is 0 Å². The van der Waals surface area contributed by atoms with Crippen molar-refractivity contribution in [1.29, 1.82) is 0 Å². The minimum atomic E-state index is 0.0670. The second-order valence-electron chi connectivity index (χ2n) is 5.21. The average molecular weight is 361 g/mol. The van der Waals surface area contributed by atoms with Gasteiger partial charge in [-0.15, -0.1) is 0 Å². The highest BCUT2D eigenvalue weighted by Crippen LogP contribution is 2.20. The van der Waals surface area contributed by atoms with Gasteiger partial charge < -0.3 is 15.5 Å². The molecule has 2 aromatic rings. The molecule has 1 aromatic heterocycles. The van der Waals surface area contributed by atoms with Gasteiger partial charge in [0, 0.05) is 30.7 Å². The summed E-state index contributed by atoms with van der Waals surface area (Å²) in [4.78, 5) is 20.9. The van der Waals surface area contributed by atoms with E-state index in [1.165, 1.54) is 0 Å². The lowest BCUT2D eigenvalue weighted by Crippen LogP contribution is -2.49. The molecule has 114 valence electrons. The van der Waals surface area contributed by atoms with Crippen molar-refractivity contribution in [1.82, 2.24) is 9.88 Å². The lowest BCUT2D eigenvalue weighted by atomic mass is 10.2. The van der Waals surface area contributed by atoms with Gasteiger partial charge in [-0.1, -0.05) is 12.1 Å². The van der Waals surface area contributed by atoms with Crippen LogP contribution in [0, 0.1) is 0 Å². The predicted molar refractivity (Wildman–Crippen MR) is 90.9 cm³/mol. The molecular formula is C16H17BrN4O. The van der Waals surface area contributed by atoms with E-state index in [4.69, 9.17) is 5.73 Å². The molecular weight excluding hydrogens is 344 g/mol. The monoisotopic (exact) mass is 360 g/mol. The molecule has 2 N–H and O–H groups in total. The Hall–Kier alpha value is -2.08. The molecule has 0 bridgehead atoms. The lowest BCUT2D eigenvalue weighted by Gasteiger charge is -2.35. The van der Waals surface area contributed by atoms with Gasteiger partial charge in [0.25, 0.3) is 5.91 Å². The highest BCUT2D eigenvalue weighted by Gasteiger charge is 2.23. The Kier molecular flexibility index (Phi) is 4.29. The van der Waals surface area contributed by atoms with Gasteiger partial charge in [-0.05, 0) is 40.2 Å². The van der Waals surface area contributed by atoms with Crippen LogP contribution < -0.4 is 10.6 Å². The van der Waals surface area contributed by atoms with E-state index in [0.29, 0.717) is 24.3 Å². The van der Waals surface area contributed by atoms with Crippen LogP contribution in [0.25, 0.3) is 0 Å². The van der Waals surface area contributed by atoms with Gasteiger partial charge in [-0.3, -0.25) is 4.79 Å². The highest BCUT2D eigenvalue weighted by molar-refractivity contribution is 9.10.